The van der Waals surface area contributed by atoms with E-state index < -0.39 is 74.7 Å². The van der Waals surface area contributed by atoms with E-state index in [1.54, 1.807) is 19.9 Å². The molecule has 3 atom stereocenters. The lowest BCUT2D eigenvalue weighted by Crippen LogP contribution is -2.68. The summed E-state index contributed by atoms with van der Waals surface area (Å²) in [5.74, 6) is -4.20. The van der Waals surface area contributed by atoms with Crippen LogP contribution >= 0.6 is 11.3 Å². The molecule has 3 aromatic rings. The summed E-state index contributed by atoms with van der Waals surface area (Å²) < 4.78 is 111. The van der Waals surface area contributed by atoms with Crippen molar-refractivity contribution in [3.63, 3.8) is 0 Å². The fraction of sp³-hybridized carbons (Fsp3) is 0.538. The van der Waals surface area contributed by atoms with Crippen LogP contribution in [0.5, 0.6) is 11.5 Å². The standard InChI is InChI=1S/C39H47F7N4O6S/c1-6-11-28-37(56-24-22-29(57-23-24)39(44,45)46,15-10-19-50(28)32(51)30-25(38(41,42)43)13-9-18-48-30)33(52)49(5)20-16-36(47,7-2)26-12-8-14-27(40)31(26)55-21-17-35(3,4)34(53)54/h8-9,12-14,18,22-23,28H,6-7,10-11,15-17,19-21,47H2,1-5H3,(H,53,54)/t28-,36?,37+/m1/s1. The largest absolute Gasteiger partial charge is 0.490 e. The first-order valence-electron chi connectivity index (χ1n) is 18.4. The van der Waals surface area contributed by atoms with E-state index in [0.29, 0.717) is 23.8 Å². The van der Waals surface area contributed by atoms with Gasteiger partial charge in [-0.2, -0.15) is 26.3 Å². The van der Waals surface area contributed by atoms with Gasteiger partial charge in [0.05, 0.1) is 23.6 Å². The van der Waals surface area contributed by atoms with Crippen LogP contribution < -0.4 is 15.2 Å². The Morgan fingerprint density at radius 1 is 1.05 bits per heavy atom. The van der Waals surface area contributed by atoms with Crippen molar-refractivity contribution in [3.05, 3.63) is 75.5 Å². The van der Waals surface area contributed by atoms with E-state index in [9.17, 15) is 45.8 Å². The third kappa shape index (κ3) is 9.99. The smallest absolute Gasteiger partial charge is 0.425 e. The SMILES string of the molecule is CCC[C@H]1N(C(=O)c2ncccc2C(F)(F)F)CCC[C@@]1(Oc1csc(C(F)(F)F)c1)C(=O)N(C)CCC(N)(CC)c1cccc(F)c1OCCC(C)(C)C(=O)O. The highest BCUT2D eigenvalue weighted by atomic mass is 32.1. The predicted molar refractivity (Wildman–Crippen MR) is 197 cm³/mol. The molecule has 0 saturated carbocycles. The van der Waals surface area contributed by atoms with Gasteiger partial charge in [0.25, 0.3) is 11.8 Å². The molecule has 57 heavy (non-hydrogen) atoms. The van der Waals surface area contributed by atoms with Gasteiger partial charge in [0.1, 0.15) is 16.3 Å². The summed E-state index contributed by atoms with van der Waals surface area (Å²) in [7, 11) is 1.40. The van der Waals surface area contributed by atoms with Gasteiger partial charge in [-0.25, -0.2) is 4.39 Å². The highest BCUT2D eigenvalue weighted by molar-refractivity contribution is 7.10. The highest BCUT2D eigenvalue weighted by Crippen LogP contribution is 2.43. The molecule has 1 unspecified atom stereocenters. The zero-order valence-corrected chi connectivity index (χ0v) is 33.0. The maximum absolute atomic E-state index is 15.3. The van der Waals surface area contributed by atoms with Crippen LogP contribution in [0.1, 0.15) is 99.1 Å². The molecule has 314 valence electrons. The molecule has 0 spiro atoms. The molecule has 4 rings (SSSR count). The van der Waals surface area contributed by atoms with E-state index in [2.05, 4.69) is 4.98 Å². The molecule has 1 aromatic carbocycles. The molecule has 10 nitrogen and oxygen atoms in total. The number of hydrogen-bond acceptors (Lipinski definition) is 8. The van der Waals surface area contributed by atoms with Crippen molar-refractivity contribution in [1.82, 2.24) is 14.8 Å². The number of halogens is 7. The molecule has 1 saturated heterocycles. The Balaban J connectivity index is 1.73. The summed E-state index contributed by atoms with van der Waals surface area (Å²) >= 11 is 0.333. The van der Waals surface area contributed by atoms with Crippen molar-refractivity contribution in [2.45, 2.75) is 102 Å². The average Bonchev–Trinajstić information content (AvgIpc) is 3.63. The number of hydrogen-bond donors (Lipinski definition) is 2. The maximum Gasteiger partial charge on any atom is 0.425 e. The Morgan fingerprint density at radius 2 is 1.74 bits per heavy atom. The van der Waals surface area contributed by atoms with Crippen molar-refractivity contribution in [3.8, 4) is 11.5 Å². The number of para-hydroxylation sites is 1. The Hall–Kier alpha value is -4.45. The van der Waals surface area contributed by atoms with Crippen LogP contribution in [0.4, 0.5) is 30.7 Å². The van der Waals surface area contributed by atoms with Gasteiger partial charge < -0.3 is 30.1 Å². The van der Waals surface area contributed by atoms with Gasteiger partial charge in [-0.05, 0) is 64.2 Å². The minimum absolute atomic E-state index is 0.0110. The first-order chi connectivity index (χ1) is 26.5. The van der Waals surface area contributed by atoms with Crippen LogP contribution in [0.25, 0.3) is 0 Å². The number of carboxylic acid groups (broad SMARTS) is 1. The van der Waals surface area contributed by atoms with Gasteiger partial charge in [0.2, 0.25) is 5.60 Å². The molecule has 1 fully saturated rings. The number of carbonyl (C=O) groups excluding carboxylic acids is 2. The number of aromatic nitrogens is 1. The number of rotatable bonds is 16. The van der Waals surface area contributed by atoms with Crippen molar-refractivity contribution in [1.29, 1.82) is 0 Å². The first-order valence-corrected chi connectivity index (χ1v) is 19.3. The van der Waals surface area contributed by atoms with Gasteiger partial charge in [-0.1, -0.05) is 32.4 Å². The monoisotopic (exact) mass is 832 g/mol. The molecule has 0 radical (unpaired) electrons. The molecular weight excluding hydrogens is 786 g/mol. The van der Waals surface area contributed by atoms with Crippen LogP contribution in [0.3, 0.4) is 0 Å². The number of nitrogens with zero attached hydrogens (tertiary/aromatic N) is 3. The Bertz CT molecular complexity index is 1900. The summed E-state index contributed by atoms with van der Waals surface area (Å²) in [6.07, 6.45) is -8.15. The molecule has 2 aromatic heterocycles. The van der Waals surface area contributed by atoms with Crippen molar-refractivity contribution in [2.75, 3.05) is 26.7 Å². The van der Waals surface area contributed by atoms with Crippen LogP contribution in [-0.2, 0) is 27.5 Å². The molecular formula is C39H47F7N4O6S. The number of benzene rings is 1. The lowest BCUT2D eigenvalue weighted by atomic mass is 9.79. The Kier molecular flexibility index (Phi) is 14.0. The lowest BCUT2D eigenvalue weighted by Gasteiger charge is -2.49. The Morgan fingerprint density at radius 3 is 2.33 bits per heavy atom. The average molecular weight is 833 g/mol. The minimum atomic E-state index is -4.95. The van der Waals surface area contributed by atoms with Crippen molar-refractivity contribution in [2.24, 2.45) is 11.1 Å². The number of amides is 2. The fourth-order valence-electron chi connectivity index (χ4n) is 6.93. The van der Waals surface area contributed by atoms with Crippen LogP contribution in [-0.4, -0.2) is 76.1 Å². The van der Waals surface area contributed by atoms with Crippen molar-refractivity contribution < 1.29 is 59.7 Å². The van der Waals surface area contributed by atoms with Gasteiger partial charge >= 0.3 is 18.3 Å². The number of carboxylic acids is 1. The quantitative estimate of drug-likeness (QED) is 0.137. The molecule has 1 aliphatic heterocycles. The van der Waals surface area contributed by atoms with E-state index in [1.807, 2.05) is 0 Å². The van der Waals surface area contributed by atoms with E-state index in [-0.39, 0.29) is 75.3 Å². The second-order valence-corrected chi connectivity index (χ2v) is 15.7. The molecule has 2 amide bonds. The summed E-state index contributed by atoms with van der Waals surface area (Å²) in [6.45, 7) is 6.09. The zero-order valence-electron chi connectivity index (χ0n) is 32.2. The van der Waals surface area contributed by atoms with Crippen molar-refractivity contribution >= 4 is 29.1 Å². The zero-order chi connectivity index (χ0) is 42.6. The normalized spacial score (nSPS) is 18.8. The minimum Gasteiger partial charge on any atom is -0.490 e. The number of thiophene rings is 1. The molecule has 1 aliphatic rings. The van der Waals surface area contributed by atoms with E-state index in [4.69, 9.17) is 15.2 Å². The first kappa shape index (κ1) is 45.3. The number of aliphatic carboxylic acids is 1. The third-order valence-electron chi connectivity index (χ3n) is 10.4. The summed E-state index contributed by atoms with van der Waals surface area (Å²) in [4.78, 5) is 45.6. The maximum atomic E-state index is 15.3. The number of alkyl halides is 6. The number of nitrogens with two attached hydrogens (primary N) is 1. The summed E-state index contributed by atoms with van der Waals surface area (Å²) in [5, 5.41) is 10.6. The highest BCUT2D eigenvalue weighted by Gasteiger charge is 2.56. The molecule has 3 heterocycles. The van der Waals surface area contributed by atoms with Gasteiger partial charge in [0, 0.05) is 55.3 Å². The molecule has 18 heteroatoms. The van der Waals surface area contributed by atoms with Crippen LogP contribution in [0, 0.1) is 11.2 Å². The number of piperidine rings is 1. The topological polar surface area (TPSA) is 135 Å². The molecule has 0 aliphatic carbocycles. The third-order valence-corrected chi connectivity index (χ3v) is 11.4. The summed E-state index contributed by atoms with van der Waals surface area (Å²) in [6, 6.07) is 5.38. The van der Waals surface area contributed by atoms with E-state index in [0.717, 1.165) is 34.7 Å². The Labute approximate surface area is 330 Å². The van der Waals surface area contributed by atoms with Crippen LogP contribution in [0.2, 0.25) is 0 Å². The number of carbonyl (C=O) groups is 3. The number of likely N-dealkylation sites (N-methyl/N-ethyl adjacent to an activating group) is 1. The fourth-order valence-corrected chi connectivity index (χ4v) is 7.61. The van der Waals surface area contributed by atoms with Gasteiger partial charge in [0.15, 0.2) is 11.6 Å². The second-order valence-electron chi connectivity index (χ2n) is 14.8. The second kappa shape index (κ2) is 17.6. The summed E-state index contributed by atoms with van der Waals surface area (Å²) in [5.41, 5.74) is 0.405. The van der Waals surface area contributed by atoms with Gasteiger partial charge in [-0.3, -0.25) is 19.4 Å². The van der Waals surface area contributed by atoms with Gasteiger partial charge in [-0.15, -0.1) is 11.3 Å². The number of likely N-dealkylation sites (tertiary alicyclic amines) is 1. The molecule has 3 N–H and O–H groups in total. The number of ether oxygens (including phenoxy) is 2. The lowest BCUT2D eigenvalue weighted by molar-refractivity contribution is -0.158. The van der Waals surface area contributed by atoms with E-state index in [1.165, 1.54) is 31.9 Å². The van der Waals surface area contributed by atoms with Crippen LogP contribution in [0.15, 0.2) is 48.0 Å². The molecule has 0 bridgehead atoms. The predicted octanol–water partition coefficient (Wildman–Crippen LogP) is 8.53. The van der Waals surface area contributed by atoms with E-state index >= 15 is 4.39 Å². The number of pyridine rings is 1.